The average molecular weight is 866 g/mol. The summed E-state index contributed by atoms with van der Waals surface area (Å²) in [4.78, 5) is 4.97. The Balaban J connectivity index is 1.06. The molecule has 2 aliphatic carbocycles. The molecule has 0 fully saturated rings. The molecule has 0 saturated heterocycles. The number of anilines is 6. The number of nitrogens with zero attached hydrogens (tertiary/aromatic N) is 3. The van der Waals surface area contributed by atoms with Crippen molar-refractivity contribution in [1.82, 2.24) is 4.57 Å². The van der Waals surface area contributed by atoms with E-state index in [1.54, 1.807) is 0 Å². The van der Waals surface area contributed by atoms with Crippen molar-refractivity contribution < 1.29 is 0 Å². The van der Waals surface area contributed by atoms with Gasteiger partial charge in [0.2, 0.25) is 0 Å². The molecule has 0 radical (unpaired) electrons. The molecule has 2 aliphatic rings. The molecule has 1 unspecified atom stereocenters. The van der Waals surface area contributed by atoms with E-state index in [4.69, 9.17) is 0 Å². The molecule has 68 heavy (non-hydrogen) atoms. The fourth-order valence-corrected chi connectivity index (χ4v) is 11.9. The van der Waals surface area contributed by atoms with Gasteiger partial charge in [0.25, 0.3) is 0 Å². The van der Waals surface area contributed by atoms with Crippen LogP contribution in [0, 0.1) is 0 Å². The first-order valence-corrected chi connectivity index (χ1v) is 23.5. The van der Waals surface area contributed by atoms with Crippen LogP contribution < -0.4 is 9.80 Å². The van der Waals surface area contributed by atoms with E-state index in [1.165, 1.54) is 77.1 Å². The second kappa shape index (κ2) is 15.1. The lowest BCUT2D eigenvalue weighted by Crippen LogP contribution is -2.28. The van der Waals surface area contributed by atoms with E-state index in [-0.39, 0.29) is 0 Å². The summed E-state index contributed by atoms with van der Waals surface area (Å²) >= 11 is 0. The lowest BCUT2D eigenvalue weighted by atomic mass is 9.70. The van der Waals surface area contributed by atoms with Crippen molar-refractivity contribution in [1.29, 1.82) is 0 Å². The van der Waals surface area contributed by atoms with Crippen LogP contribution >= 0.6 is 0 Å². The lowest BCUT2D eigenvalue weighted by Gasteiger charge is -2.36. The Morgan fingerprint density at radius 1 is 0.309 bits per heavy atom. The molecule has 14 rings (SSSR count). The van der Waals surface area contributed by atoms with Gasteiger partial charge in [0.05, 0.1) is 27.8 Å². The zero-order valence-electron chi connectivity index (χ0n) is 37.2. The largest absolute Gasteiger partial charge is 0.310 e. The third kappa shape index (κ3) is 5.47. The quantitative estimate of drug-likeness (QED) is 0.158. The normalized spacial score (nSPS) is 14.2. The predicted molar refractivity (Wildman–Crippen MR) is 284 cm³/mol. The fraction of sp³-hybridized carbons (Fsp3) is 0.0154. The fourth-order valence-electron chi connectivity index (χ4n) is 11.9. The summed E-state index contributed by atoms with van der Waals surface area (Å²) in [6, 6.07) is 96.2. The highest BCUT2D eigenvalue weighted by molar-refractivity contribution is 6.11. The third-order valence-electron chi connectivity index (χ3n) is 14.5. The van der Waals surface area contributed by atoms with Crippen LogP contribution in [0.4, 0.5) is 34.1 Å². The molecule has 1 heterocycles. The van der Waals surface area contributed by atoms with Crippen LogP contribution in [0.3, 0.4) is 0 Å². The molecule has 0 N–H and O–H groups in total. The topological polar surface area (TPSA) is 11.4 Å². The maximum Gasteiger partial charge on any atom is 0.0746 e. The standard InChI is InChI=1S/C65H43N3/c1-4-22-46(23-5-1)66(50-40-41-53-52-29-14-17-35-59(52)68(62(53)43-50)48-26-8-3-9-27-48)60-36-19-34-58-63(60)55-30-13-16-33-57(55)65(58)56-32-15-12-28-51(56)54-31-18-37-61(64(54)65)67(47-24-6-2-7-25-47)49-39-38-44-20-10-11-21-45(44)42-49/h1-43H. The maximum atomic E-state index is 2.49. The third-order valence-corrected chi connectivity index (χ3v) is 14.5. The number of fused-ring (bicyclic) bond motifs is 14. The van der Waals surface area contributed by atoms with Crippen LogP contribution in [0.15, 0.2) is 261 Å². The van der Waals surface area contributed by atoms with Crippen molar-refractivity contribution in [3.8, 4) is 27.9 Å². The van der Waals surface area contributed by atoms with Gasteiger partial charge >= 0.3 is 0 Å². The van der Waals surface area contributed by atoms with Crippen LogP contribution in [-0.2, 0) is 5.41 Å². The lowest BCUT2D eigenvalue weighted by molar-refractivity contribution is 0.793. The van der Waals surface area contributed by atoms with Gasteiger partial charge in [-0.3, -0.25) is 0 Å². The predicted octanol–water partition coefficient (Wildman–Crippen LogP) is 17.2. The average Bonchev–Trinajstić information content (AvgIpc) is 4.02. The number of aromatic nitrogens is 1. The second-order valence-corrected chi connectivity index (χ2v) is 18.0. The molecule has 0 aliphatic heterocycles. The molecule has 12 aromatic rings. The summed E-state index contributed by atoms with van der Waals surface area (Å²) in [6.07, 6.45) is 0. The zero-order chi connectivity index (χ0) is 44.8. The molecule has 0 amide bonds. The van der Waals surface area contributed by atoms with Gasteiger partial charge in [-0.1, -0.05) is 182 Å². The summed E-state index contributed by atoms with van der Waals surface area (Å²) in [5.74, 6) is 0. The minimum atomic E-state index is -0.639. The van der Waals surface area contributed by atoms with Gasteiger partial charge in [-0.25, -0.2) is 0 Å². The van der Waals surface area contributed by atoms with E-state index < -0.39 is 5.41 Å². The molecule has 1 atom stereocenters. The SMILES string of the molecule is c1ccc(N(c2ccc3c4ccccc4n(-c4ccccc4)c3c2)c2cccc3c2-c2ccccc2C32c3ccccc3-c3cccc(N(c4ccccc4)c4ccc5ccccc5c4)c32)cc1. The highest BCUT2D eigenvalue weighted by Crippen LogP contribution is 2.67. The molecule has 1 aromatic heterocycles. The van der Waals surface area contributed by atoms with E-state index in [0.29, 0.717) is 0 Å². The van der Waals surface area contributed by atoms with Crippen LogP contribution in [0.5, 0.6) is 0 Å². The van der Waals surface area contributed by atoms with Gasteiger partial charge in [0.15, 0.2) is 0 Å². The first-order valence-electron chi connectivity index (χ1n) is 23.5. The van der Waals surface area contributed by atoms with E-state index >= 15 is 0 Å². The molecular formula is C65H43N3. The van der Waals surface area contributed by atoms with Crippen molar-refractivity contribution in [2.75, 3.05) is 9.80 Å². The van der Waals surface area contributed by atoms with Gasteiger partial charge in [0, 0.05) is 50.3 Å². The van der Waals surface area contributed by atoms with Crippen molar-refractivity contribution >= 4 is 66.7 Å². The zero-order valence-corrected chi connectivity index (χ0v) is 37.2. The van der Waals surface area contributed by atoms with E-state index in [1.807, 2.05) is 0 Å². The number of rotatable bonds is 7. The monoisotopic (exact) mass is 865 g/mol. The Labute approximate surface area is 395 Å². The van der Waals surface area contributed by atoms with Crippen molar-refractivity contribution in [3.05, 3.63) is 283 Å². The summed E-state index contributed by atoms with van der Waals surface area (Å²) in [5.41, 5.74) is 19.7. The second-order valence-electron chi connectivity index (χ2n) is 18.0. The minimum absolute atomic E-state index is 0.639. The van der Waals surface area contributed by atoms with E-state index in [2.05, 4.69) is 275 Å². The minimum Gasteiger partial charge on any atom is -0.310 e. The maximum absolute atomic E-state index is 2.49. The van der Waals surface area contributed by atoms with E-state index in [0.717, 1.165) is 39.8 Å². The first kappa shape index (κ1) is 38.4. The number of hydrogen-bond donors (Lipinski definition) is 0. The summed E-state index contributed by atoms with van der Waals surface area (Å²) < 4.78 is 2.42. The Morgan fingerprint density at radius 3 is 1.62 bits per heavy atom. The molecule has 318 valence electrons. The molecule has 11 aromatic carbocycles. The molecular weight excluding hydrogens is 823 g/mol. The molecule has 3 nitrogen and oxygen atoms in total. The van der Waals surface area contributed by atoms with Gasteiger partial charge in [0.1, 0.15) is 0 Å². The molecule has 0 bridgehead atoms. The van der Waals surface area contributed by atoms with Crippen molar-refractivity contribution in [3.63, 3.8) is 0 Å². The van der Waals surface area contributed by atoms with Gasteiger partial charge in [-0.05, 0) is 123 Å². The number of para-hydroxylation sites is 4. The first-order chi connectivity index (χ1) is 33.8. The highest BCUT2D eigenvalue weighted by Gasteiger charge is 2.54. The van der Waals surface area contributed by atoms with Crippen LogP contribution in [0.25, 0.3) is 60.5 Å². The highest BCUT2D eigenvalue weighted by atomic mass is 15.2. The summed E-state index contributed by atoms with van der Waals surface area (Å²) in [5, 5.41) is 4.90. The van der Waals surface area contributed by atoms with Crippen molar-refractivity contribution in [2.45, 2.75) is 5.41 Å². The molecule has 1 spiro atoms. The number of hydrogen-bond acceptors (Lipinski definition) is 2. The van der Waals surface area contributed by atoms with Crippen LogP contribution in [-0.4, -0.2) is 4.57 Å². The van der Waals surface area contributed by atoms with Gasteiger partial charge in [-0.15, -0.1) is 0 Å². The smallest absolute Gasteiger partial charge is 0.0746 e. The molecule has 0 saturated carbocycles. The van der Waals surface area contributed by atoms with Crippen molar-refractivity contribution in [2.24, 2.45) is 0 Å². The Bertz CT molecular complexity index is 3930. The number of benzene rings is 11. The Kier molecular flexibility index (Phi) is 8.50. The van der Waals surface area contributed by atoms with Gasteiger partial charge in [-0.2, -0.15) is 0 Å². The van der Waals surface area contributed by atoms with Crippen LogP contribution in [0.2, 0.25) is 0 Å². The van der Waals surface area contributed by atoms with E-state index in [9.17, 15) is 0 Å². The Hall–Kier alpha value is -8.92. The molecule has 3 heteroatoms. The summed E-state index contributed by atoms with van der Waals surface area (Å²) in [7, 11) is 0. The Morgan fingerprint density at radius 2 is 0.838 bits per heavy atom. The summed E-state index contributed by atoms with van der Waals surface area (Å²) in [6.45, 7) is 0. The van der Waals surface area contributed by atoms with Gasteiger partial charge < -0.3 is 14.4 Å². The van der Waals surface area contributed by atoms with Crippen LogP contribution in [0.1, 0.15) is 22.3 Å².